The van der Waals surface area contributed by atoms with Gasteiger partial charge in [0.15, 0.2) is 0 Å². The molecule has 0 aromatic carbocycles. The first kappa shape index (κ1) is 13.5. The number of sulfonamides is 1. The lowest BCUT2D eigenvalue weighted by atomic mass is 10.3. The molecule has 0 bridgehead atoms. The molecule has 0 saturated heterocycles. The van der Waals surface area contributed by atoms with E-state index in [1.54, 1.807) is 6.07 Å². The summed E-state index contributed by atoms with van der Waals surface area (Å²) in [7, 11) is -3.30. The molecule has 2 atom stereocenters. The Hall–Kier alpha value is -0.430. The first-order valence-corrected chi connectivity index (χ1v) is 9.16. The molecule has 106 valence electrons. The lowest BCUT2D eigenvalue weighted by Crippen LogP contribution is -2.25. The quantitative estimate of drug-likeness (QED) is 0.809. The number of rotatable bonds is 7. The zero-order chi connectivity index (χ0) is 13.5. The smallest absolute Gasteiger partial charge is 0.250 e. The van der Waals surface area contributed by atoms with Gasteiger partial charge in [-0.15, -0.1) is 11.3 Å². The fraction of sp³-hybridized carbons (Fsp3) is 0.692. The normalized spacial score (nSPS) is 26.6. The molecule has 2 fully saturated rings. The van der Waals surface area contributed by atoms with Gasteiger partial charge in [-0.2, -0.15) is 0 Å². The maximum absolute atomic E-state index is 12.1. The van der Waals surface area contributed by atoms with Gasteiger partial charge in [-0.25, -0.2) is 13.1 Å². The predicted octanol–water partition coefficient (Wildman–Crippen LogP) is 1.93. The van der Waals surface area contributed by atoms with Crippen LogP contribution in [0, 0.1) is 11.8 Å². The number of thiophene rings is 1. The molecule has 0 radical (unpaired) electrons. The standard InChI is InChI=1S/C13H20N2O2S2/c1-9-6-10(9)7-15-19(16,17)13-5-4-12(18-13)8-14-11-2-3-11/h4-5,9-11,14-15H,2-3,6-8H2,1H3. The van der Waals surface area contributed by atoms with E-state index in [-0.39, 0.29) is 0 Å². The van der Waals surface area contributed by atoms with Crippen molar-refractivity contribution in [3.05, 3.63) is 17.0 Å². The third-order valence-corrected chi connectivity index (χ3v) is 6.86. The molecule has 2 saturated carbocycles. The monoisotopic (exact) mass is 300 g/mol. The molecule has 1 aromatic heterocycles. The minimum Gasteiger partial charge on any atom is -0.309 e. The van der Waals surface area contributed by atoms with E-state index in [2.05, 4.69) is 17.0 Å². The van der Waals surface area contributed by atoms with Crippen LogP contribution >= 0.6 is 11.3 Å². The Kier molecular flexibility index (Phi) is 3.68. The van der Waals surface area contributed by atoms with Crippen molar-refractivity contribution in [1.29, 1.82) is 0 Å². The van der Waals surface area contributed by atoms with E-state index in [4.69, 9.17) is 0 Å². The van der Waals surface area contributed by atoms with Crippen LogP contribution in [0.5, 0.6) is 0 Å². The second-order valence-corrected chi connectivity index (χ2v) is 8.86. The fourth-order valence-electron chi connectivity index (χ4n) is 2.10. The van der Waals surface area contributed by atoms with Gasteiger partial charge in [0.2, 0.25) is 10.0 Å². The molecule has 3 rings (SSSR count). The second kappa shape index (κ2) is 5.16. The number of hydrogen-bond donors (Lipinski definition) is 2. The van der Waals surface area contributed by atoms with Crippen LogP contribution in [-0.2, 0) is 16.6 Å². The van der Waals surface area contributed by atoms with Crippen molar-refractivity contribution in [2.24, 2.45) is 11.8 Å². The highest BCUT2D eigenvalue weighted by Gasteiger charge is 2.33. The zero-order valence-corrected chi connectivity index (χ0v) is 12.7. The summed E-state index contributed by atoms with van der Waals surface area (Å²) in [5.41, 5.74) is 0. The first-order chi connectivity index (χ1) is 9.04. The molecule has 2 unspecified atom stereocenters. The van der Waals surface area contributed by atoms with Crippen molar-refractivity contribution in [2.45, 2.75) is 43.0 Å². The van der Waals surface area contributed by atoms with Crippen molar-refractivity contribution in [3.8, 4) is 0 Å². The maximum atomic E-state index is 12.1. The molecule has 0 spiro atoms. The van der Waals surface area contributed by atoms with Crippen LogP contribution < -0.4 is 10.0 Å². The van der Waals surface area contributed by atoms with Crippen molar-refractivity contribution in [3.63, 3.8) is 0 Å². The summed E-state index contributed by atoms with van der Waals surface area (Å²) in [5, 5.41) is 3.40. The Morgan fingerprint density at radius 2 is 2.11 bits per heavy atom. The molecule has 1 aromatic rings. The topological polar surface area (TPSA) is 58.2 Å². The summed E-state index contributed by atoms with van der Waals surface area (Å²) >= 11 is 1.37. The molecule has 0 aliphatic heterocycles. The molecule has 19 heavy (non-hydrogen) atoms. The van der Waals surface area contributed by atoms with Gasteiger partial charge in [-0.05, 0) is 43.2 Å². The van der Waals surface area contributed by atoms with Crippen LogP contribution in [0.15, 0.2) is 16.3 Å². The summed E-state index contributed by atoms with van der Waals surface area (Å²) in [6, 6.07) is 4.28. The minimum atomic E-state index is -3.30. The molecule has 4 nitrogen and oxygen atoms in total. The van der Waals surface area contributed by atoms with Crippen LogP contribution in [-0.4, -0.2) is 21.0 Å². The van der Waals surface area contributed by atoms with E-state index in [9.17, 15) is 8.42 Å². The molecular formula is C13H20N2O2S2. The van der Waals surface area contributed by atoms with Gasteiger partial charge in [0.05, 0.1) is 0 Å². The van der Waals surface area contributed by atoms with E-state index in [1.165, 1.54) is 24.2 Å². The predicted molar refractivity (Wildman–Crippen MR) is 76.6 cm³/mol. The lowest BCUT2D eigenvalue weighted by Gasteiger charge is -2.03. The van der Waals surface area contributed by atoms with Gasteiger partial charge in [-0.1, -0.05) is 6.92 Å². The summed E-state index contributed by atoms with van der Waals surface area (Å²) in [6.45, 7) is 3.52. The molecule has 2 N–H and O–H groups in total. The number of nitrogens with one attached hydrogen (secondary N) is 2. The minimum absolute atomic E-state index is 0.438. The third kappa shape index (κ3) is 3.56. The molecular weight excluding hydrogens is 280 g/mol. The van der Waals surface area contributed by atoms with Crippen LogP contribution in [0.25, 0.3) is 0 Å². The van der Waals surface area contributed by atoms with Gasteiger partial charge in [0, 0.05) is 24.0 Å². The fourth-order valence-corrected chi connectivity index (χ4v) is 4.55. The summed E-state index contributed by atoms with van der Waals surface area (Å²) in [5.74, 6) is 1.20. The zero-order valence-electron chi connectivity index (χ0n) is 11.1. The molecule has 1 heterocycles. The highest BCUT2D eigenvalue weighted by molar-refractivity contribution is 7.91. The number of hydrogen-bond acceptors (Lipinski definition) is 4. The Balaban J connectivity index is 1.56. The maximum Gasteiger partial charge on any atom is 0.250 e. The van der Waals surface area contributed by atoms with E-state index >= 15 is 0 Å². The van der Waals surface area contributed by atoms with Crippen molar-refractivity contribution in [1.82, 2.24) is 10.0 Å². The second-order valence-electron chi connectivity index (χ2n) is 5.70. The van der Waals surface area contributed by atoms with E-state index in [0.717, 1.165) is 17.8 Å². The average Bonchev–Trinajstić information content (AvgIpc) is 3.26. The highest BCUT2D eigenvalue weighted by atomic mass is 32.2. The largest absolute Gasteiger partial charge is 0.309 e. The Morgan fingerprint density at radius 3 is 2.74 bits per heavy atom. The SMILES string of the molecule is CC1CC1CNS(=O)(=O)c1ccc(CNC2CC2)s1. The summed E-state index contributed by atoms with van der Waals surface area (Å²) in [4.78, 5) is 1.09. The van der Waals surface area contributed by atoms with Crippen LogP contribution in [0.1, 0.15) is 31.1 Å². The van der Waals surface area contributed by atoms with Gasteiger partial charge >= 0.3 is 0 Å². The Morgan fingerprint density at radius 1 is 1.37 bits per heavy atom. The van der Waals surface area contributed by atoms with Crippen LogP contribution in [0.4, 0.5) is 0 Å². The van der Waals surface area contributed by atoms with Gasteiger partial charge in [-0.3, -0.25) is 0 Å². The Bertz CT molecular complexity index is 549. The molecule has 2 aliphatic rings. The van der Waals surface area contributed by atoms with E-state index in [0.29, 0.717) is 28.6 Å². The third-order valence-electron chi connectivity index (χ3n) is 3.86. The van der Waals surface area contributed by atoms with Gasteiger partial charge in [0.1, 0.15) is 4.21 Å². The lowest BCUT2D eigenvalue weighted by molar-refractivity contribution is 0.576. The average molecular weight is 300 g/mol. The van der Waals surface area contributed by atoms with Crippen LogP contribution in [0.2, 0.25) is 0 Å². The van der Waals surface area contributed by atoms with E-state index < -0.39 is 10.0 Å². The first-order valence-electron chi connectivity index (χ1n) is 6.86. The molecule has 0 amide bonds. The van der Waals surface area contributed by atoms with Gasteiger partial charge < -0.3 is 5.32 Å². The molecule has 2 aliphatic carbocycles. The Labute approximate surface area is 118 Å². The highest BCUT2D eigenvalue weighted by Crippen LogP contribution is 2.37. The van der Waals surface area contributed by atoms with E-state index in [1.807, 2.05) is 6.07 Å². The van der Waals surface area contributed by atoms with Crippen molar-refractivity contribution >= 4 is 21.4 Å². The van der Waals surface area contributed by atoms with Crippen LogP contribution in [0.3, 0.4) is 0 Å². The van der Waals surface area contributed by atoms with Crippen molar-refractivity contribution < 1.29 is 8.42 Å². The molecule has 6 heteroatoms. The van der Waals surface area contributed by atoms with Crippen molar-refractivity contribution in [2.75, 3.05) is 6.54 Å². The summed E-state index contributed by atoms with van der Waals surface area (Å²) < 4.78 is 27.4. The summed E-state index contributed by atoms with van der Waals surface area (Å²) in [6.07, 6.45) is 3.64. The van der Waals surface area contributed by atoms with Gasteiger partial charge in [0.25, 0.3) is 0 Å².